The zero-order valence-corrected chi connectivity index (χ0v) is 15.7. The van der Waals surface area contributed by atoms with Crippen molar-refractivity contribution in [3.05, 3.63) is 52.0 Å². The first-order chi connectivity index (χ1) is 12.2. The van der Waals surface area contributed by atoms with Crippen LogP contribution >= 0.6 is 15.9 Å². The number of hydrogen-bond donors (Lipinski definition) is 0. The van der Waals surface area contributed by atoms with Crippen molar-refractivity contribution < 1.29 is 9.53 Å². The fourth-order valence-electron chi connectivity index (χ4n) is 4.05. The number of benzene rings is 1. The Morgan fingerprint density at radius 1 is 1.40 bits per heavy atom. The van der Waals surface area contributed by atoms with E-state index in [0.29, 0.717) is 12.5 Å². The van der Waals surface area contributed by atoms with Gasteiger partial charge in [0.05, 0.1) is 23.3 Å². The molecule has 2 aliphatic heterocycles. The maximum atomic E-state index is 12.9. The summed E-state index contributed by atoms with van der Waals surface area (Å²) in [6.07, 6.45) is 7.68. The van der Waals surface area contributed by atoms with Crippen molar-refractivity contribution in [2.75, 3.05) is 7.11 Å². The second-order valence-corrected chi connectivity index (χ2v) is 7.50. The number of aromatic nitrogens is 2. The van der Waals surface area contributed by atoms with Crippen molar-refractivity contribution in [3.8, 4) is 5.75 Å². The van der Waals surface area contributed by atoms with Crippen molar-refractivity contribution in [1.29, 1.82) is 0 Å². The summed E-state index contributed by atoms with van der Waals surface area (Å²) in [7, 11) is 1.65. The molecule has 25 heavy (non-hydrogen) atoms. The third kappa shape index (κ3) is 3.03. The molecule has 1 aromatic heterocycles. The minimum atomic E-state index is 0.157. The summed E-state index contributed by atoms with van der Waals surface area (Å²) < 4.78 is 6.18. The van der Waals surface area contributed by atoms with Crippen LogP contribution in [0.4, 0.5) is 0 Å². The summed E-state index contributed by atoms with van der Waals surface area (Å²) in [5, 5.41) is 0. The first-order valence-corrected chi connectivity index (χ1v) is 9.39. The van der Waals surface area contributed by atoms with Gasteiger partial charge in [0.2, 0.25) is 5.91 Å². The highest BCUT2D eigenvalue weighted by Gasteiger charge is 2.42. The molecular formula is C19H20BrN3O2. The molecule has 0 radical (unpaired) electrons. The fraction of sp³-hybridized carbons (Fsp3) is 0.421. The molecule has 6 heteroatoms. The Hall–Kier alpha value is -1.95. The van der Waals surface area contributed by atoms with Gasteiger partial charge in [0.25, 0.3) is 0 Å². The van der Waals surface area contributed by atoms with Gasteiger partial charge in [-0.25, -0.2) is 9.97 Å². The Kier molecular flexibility index (Phi) is 4.46. The number of aryl methyl sites for hydroxylation is 1. The number of carbonyl (C=O) groups is 1. The molecule has 2 aromatic rings. The number of ether oxygens (including phenoxy) is 1. The molecule has 1 fully saturated rings. The van der Waals surface area contributed by atoms with Crippen LogP contribution in [0.3, 0.4) is 0 Å². The van der Waals surface area contributed by atoms with E-state index in [9.17, 15) is 4.79 Å². The summed E-state index contributed by atoms with van der Waals surface area (Å²) in [5.41, 5.74) is 3.39. The molecule has 0 aliphatic carbocycles. The monoisotopic (exact) mass is 401 g/mol. The minimum absolute atomic E-state index is 0.157. The Morgan fingerprint density at radius 2 is 2.28 bits per heavy atom. The van der Waals surface area contributed by atoms with Gasteiger partial charge in [-0.15, -0.1) is 0 Å². The molecule has 130 valence electrons. The molecule has 0 N–H and O–H groups in total. The largest absolute Gasteiger partial charge is 0.496 e. The van der Waals surface area contributed by atoms with Crippen LogP contribution in [0.5, 0.6) is 5.75 Å². The quantitative estimate of drug-likeness (QED) is 0.786. The summed E-state index contributed by atoms with van der Waals surface area (Å²) in [6.45, 7) is 0. The SMILES string of the molecule is COc1ccc(CCC(=O)N2C3CCC2c2cncnc2C3)cc1Br. The molecule has 4 rings (SSSR count). The Labute approximate surface area is 155 Å². The van der Waals surface area contributed by atoms with Crippen molar-refractivity contribution >= 4 is 21.8 Å². The highest BCUT2D eigenvalue weighted by Crippen LogP contribution is 2.43. The van der Waals surface area contributed by atoms with Gasteiger partial charge < -0.3 is 9.64 Å². The molecule has 2 unspecified atom stereocenters. The van der Waals surface area contributed by atoms with E-state index in [1.807, 2.05) is 24.4 Å². The van der Waals surface area contributed by atoms with Crippen LogP contribution in [0.15, 0.2) is 35.2 Å². The molecule has 0 saturated carbocycles. The average Bonchev–Trinajstić information content (AvgIpc) is 2.95. The van der Waals surface area contributed by atoms with E-state index >= 15 is 0 Å². The second-order valence-electron chi connectivity index (χ2n) is 6.65. The van der Waals surface area contributed by atoms with Gasteiger partial charge in [-0.05, 0) is 52.9 Å². The minimum Gasteiger partial charge on any atom is -0.496 e. The Bertz CT molecular complexity index is 811. The molecule has 2 atom stereocenters. The van der Waals surface area contributed by atoms with Crippen molar-refractivity contribution in [2.24, 2.45) is 0 Å². The first kappa shape index (κ1) is 16.5. The van der Waals surface area contributed by atoms with Crippen LogP contribution in [0.2, 0.25) is 0 Å². The van der Waals surface area contributed by atoms with Crippen LogP contribution in [0.1, 0.15) is 42.1 Å². The van der Waals surface area contributed by atoms with E-state index in [1.54, 1.807) is 13.4 Å². The molecule has 2 bridgehead atoms. The lowest BCUT2D eigenvalue weighted by atomic mass is 9.98. The van der Waals surface area contributed by atoms with Gasteiger partial charge in [-0.3, -0.25) is 4.79 Å². The van der Waals surface area contributed by atoms with Gasteiger partial charge in [0, 0.05) is 30.6 Å². The maximum absolute atomic E-state index is 12.9. The standard InChI is InChI=1S/C19H20BrN3O2/c1-25-18-6-2-12(8-15(18)20)3-7-19(24)23-13-4-5-17(23)14-10-21-11-22-16(14)9-13/h2,6,8,10-11,13,17H,3-5,7,9H2,1H3. The van der Waals surface area contributed by atoms with Crippen LogP contribution < -0.4 is 4.74 Å². The van der Waals surface area contributed by atoms with Crippen molar-refractivity contribution in [3.63, 3.8) is 0 Å². The Morgan fingerprint density at radius 3 is 3.08 bits per heavy atom. The molecular weight excluding hydrogens is 382 g/mol. The molecule has 1 aromatic carbocycles. The topological polar surface area (TPSA) is 55.3 Å². The summed E-state index contributed by atoms with van der Waals surface area (Å²) >= 11 is 3.50. The van der Waals surface area contributed by atoms with E-state index in [4.69, 9.17) is 4.74 Å². The van der Waals surface area contributed by atoms with Crippen LogP contribution in [-0.4, -0.2) is 33.9 Å². The summed E-state index contributed by atoms with van der Waals surface area (Å²) in [5.74, 6) is 1.04. The number of rotatable bonds is 4. The van der Waals surface area contributed by atoms with Gasteiger partial charge in [0.15, 0.2) is 0 Å². The first-order valence-electron chi connectivity index (χ1n) is 8.59. The predicted octanol–water partition coefficient (Wildman–Crippen LogP) is 3.47. The van der Waals surface area contributed by atoms with Crippen LogP contribution in [-0.2, 0) is 17.6 Å². The Balaban J connectivity index is 1.46. The smallest absolute Gasteiger partial charge is 0.223 e. The number of hydrogen-bond acceptors (Lipinski definition) is 4. The zero-order chi connectivity index (χ0) is 17.4. The molecule has 1 amide bonds. The average molecular weight is 402 g/mol. The van der Waals surface area contributed by atoms with Gasteiger partial charge in [-0.2, -0.15) is 0 Å². The lowest BCUT2D eigenvalue weighted by Gasteiger charge is -2.35. The molecule has 1 saturated heterocycles. The molecule has 5 nitrogen and oxygen atoms in total. The molecule has 3 heterocycles. The number of nitrogens with zero attached hydrogens (tertiary/aromatic N) is 3. The lowest BCUT2D eigenvalue weighted by molar-refractivity contribution is -0.134. The van der Waals surface area contributed by atoms with E-state index in [2.05, 4.69) is 30.8 Å². The maximum Gasteiger partial charge on any atom is 0.223 e. The highest BCUT2D eigenvalue weighted by molar-refractivity contribution is 9.10. The van der Waals surface area contributed by atoms with E-state index in [1.165, 1.54) is 0 Å². The van der Waals surface area contributed by atoms with E-state index in [0.717, 1.165) is 52.7 Å². The highest BCUT2D eigenvalue weighted by atomic mass is 79.9. The fourth-order valence-corrected chi connectivity index (χ4v) is 4.64. The van der Waals surface area contributed by atoms with Gasteiger partial charge in [-0.1, -0.05) is 6.07 Å². The third-order valence-corrected chi connectivity index (χ3v) is 5.87. The van der Waals surface area contributed by atoms with Crippen molar-refractivity contribution in [2.45, 2.75) is 44.2 Å². The zero-order valence-electron chi connectivity index (χ0n) is 14.1. The lowest BCUT2D eigenvalue weighted by Crippen LogP contribution is -2.42. The third-order valence-electron chi connectivity index (χ3n) is 5.25. The number of fused-ring (bicyclic) bond motifs is 4. The van der Waals surface area contributed by atoms with Crippen molar-refractivity contribution in [1.82, 2.24) is 14.9 Å². The number of amides is 1. The van der Waals surface area contributed by atoms with E-state index < -0.39 is 0 Å². The normalized spacial score (nSPS) is 21.1. The van der Waals surface area contributed by atoms with Gasteiger partial charge >= 0.3 is 0 Å². The van der Waals surface area contributed by atoms with Crippen LogP contribution in [0, 0.1) is 0 Å². The number of halogens is 1. The van der Waals surface area contributed by atoms with Crippen LogP contribution in [0.25, 0.3) is 0 Å². The summed E-state index contributed by atoms with van der Waals surface area (Å²) in [6, 6.07) is 6.43. The summed E-state index contributed by atoms with van der Waals surface area (Å²) in [4.78, 5) is 23.6. The molecule has 2 aliphatic rings. The van der Waals surface area contributed by atoms with Gasteiger partial charge in [0.1, 0.15) is 12.1 Å². The predicted molar refractivity (Wildman–Crippen MR) is 97.4 cm³/mol. The number of methoxy groups -OCH3 is 1. The second kappa shape index (κ2) is 6.75. The molecule has 0 spiro atoms. The van der Waals surface area contributed by atoms with E-state index in [-0.39, 0.29) is 11.9 Å². The number of carbonyl (C=O) groups excluding carboxylic acids is 1.